The van der Waals surface area contributed by atoms with E-state index >= 15 is 0 Å². The van der Waals surface area contributed by atoms with Gasteiger partial charge in [-0.25, -0.2) is 17.9 Å². The number of aromatic carboxylic acids is 1. The van der Waals surface area contributed by atoms with Crippen LogP contribution in [-0.4, -0.2) is 29.0 Å². The fourth-order valence-corrected chi connectivity index (χ4v) is 2.91. The third kappa shape index (κ3) is 3.47. The van der Waals surface area contributed by atoms with Crippen LogP contribution < -0.4 is 4.72 Å². The number of nitrogens with zero attached hydrogens (tertiary/aromatic N) is 2. The van der Waals surface area contributed by atoms with E-state index in [1.807, 2.05) is 13.0 Å². The first kappa shape index (κ1) is 15.2. The molecule has 0 fully saturated rings. The van der Waals surface area contributed by atoms with Gasteiger partial charge >= 0.3 is 5.97 Å². The average molecular weight is 309 g/mol. The second kappa shape index (κ2) is 5.66. The van der Waals surface area contributed by atoms with Gasteiger partial charge < -0.3 is 9.67 Å². The van der Waals surface area contributed by atoms with Gasteiger partial charge in [-0.3, -0.25) is 4.98 Å². The molecule has 0 aliphatic heterocycles. The molecule has 0 radical (unpaired) electrons. The van der Waals surface area contributed by atoms with Gasteiger partial charge in [0.25, 0.3) is 0 Å². The van der Waals surface area contributed by atoms with Crippen molar-refractivity contribution in [1.29, 1.82) is 0 Å². The van der Waals surface area contributed by atoms with E-state index in [0.29, 0.717) is 5.69 Å². The fourth-order valence-electron chi connectivity index (χ4n) is 1.84. The molecule has 2 aromatic rings. The number of carbonyl (C=O) groups is 1. The van der Waals surface area contributed by atoms with Gasteiger partial charge in [0.2, 0.25) is 10.0 Å². The van der Waals surface area contributed by atoms with E-state index in [1.165, 1.54) is 17.8 Å². The monoisotopic (exact) mass is 309 g/mol. The number of rotatable bonds is 5. The SMILES string of the molecule is Cc1cccc(CNS(=O)(=O)c2cc(C(=O)O)n(C)c2)n1. The van der Waals surface area contributed by atoms with Crippen LogP contribution in [-0.2, 0) is 23.6 Å². The molecule has 0 spiro atoms. The van der Waals surface area contributed by atoms with E-state index in [-0.39, 0.29) is 17.1 Å². The molecule has 2 rings (SSSR count). The topological polar surface area (TPSA) is 101 Å². The Morgan fingerprint density at radius 3 is 2.71 bits per heavy atom. The van der Waals surface area contributed by atoms with E-state index in [2.05, 4.69) is 9.71 Å². The second-order valence-corrected chi connectivity index (χ2v) is 6.34. The van der Waals surface area contributed by atoms with Gasteiger partial charge in [-0.05, 0) is 25.1 Å². The molecular weight excluding hydrogens is 294 g/mol. The second-order valence-electron chi connectivity index (χ2n) is 4.57. The molecule has 21 heavy (non-hydrogen) atoms. The number of nitrogens with one attached hydrogen (secondary N) is 1. The van der Waals surface area contributed by atoms with Crippen molar-refractivity contribution in [3.63, 3.8) is 0 Å². The summed E-state index contributed by atoms with van der Waals surface area (Å²) in [6, 6.07) is 6.43. The lowest BCUT2D eigenvalue weighted by Crippen LogP contribution is -2.23. The molecular formula is C13H15N3O4S. The molecule has 0 amide bonds. The summed E-state index contributed by atoms with van der Waals surface area (Å²) >= 11 is 0. The molecule has 2 N–H and O–H groups in total. The summed E-state index contributed by atoms with van der Waals surface area (Å²) in [5.41, 5.74) is 1.29. The smallest absolute Gasteiger partial charge is 0.352 e. The number of pyridine rings is 1. The Morgan fingerprint density at radius 2 is 2.14 bits per heavy atom. The van der Waals surface area contributed by atoms with Crippen LogP contribution in [0.15, 0.2) is 35.4 Å². The van der Waals surface area contributed by atoms with Gasteiger partial charge in [-0.1, -0.05) is 6.07 Å². The molecule has 0 aliphatic rings. The van der Waals surface area contributed by atoms with E-state index in [9.17, 15) is 13.2 Å². The summed E-state index contributed by atoms with van der Waals surface area (Å²) in [4.78, 5) is 15.0. The number of hydrogen-bond donors (Lipinski definition) is 2. The molecule has 0 unspecified atom stereocenters. The van der Waals surface area contributed by atoms with Gasteiger partial charge in [0, 0.05) is 18.9 Å². The van der Waals surface area contributed by atoms with Crippen LogP contribution in [0.5, 0.6) is 0 Å². The molecule has 0 saturated heterocycles. The maximum Gasteiger partial charge on any atom is 0.352 e. The van der Waals surface area contributed by atoms with Crippen molar-refractivity contribution >= 4 is 16.0 Å². The lowest BCUT2D eigenvalue weighted by Gasteiger charge is -2.05. The number of carboxylic acids is 1. The quantitative estimate of drug-likeness (QED) is 0.854. The molecule has 7 nitrogen and oxygen atoms in total. The van der Waals surface area contributed by atoms with Gasteiger partial charge in [-0.15, -0.1) is 0 Å². The summed E-state index contributed by atoms with van der Waals surface area (Å²) in [5, 5.41) is 8.94. The zero-order valence-electron chi connectivity index (χ0n) is 11.6. The molecule has 2 heterocycles. The molecule has 0 atom stereocenters. The van der Waals surface area contributed by atoms with E-state index in [1.54, 1.807) is 12.1 Å². The van der Waals surface area contributed by atoms with Crippen molar-refractivity contribution in [2.75, 3.05) is 0 Å². The third-order valence-corrected chi connectivity index (χ3v) is 4.27. The maximum absolute atomic E-state index is 12.1. The first-order chi connectivity index (χ1) is 9.79. The largest absolute Gasteiger partial charge is 0.477 e. The Labute approximate surface area is 122 Å². The molecule has 2 aromatic heterocycles. The first-order valence-electron chi connectivity index (χ1n) is 6.11. The average Bonchev–Trinajstić information content (AvgIpc) is 2.80. The third-order valence-electron chi connectivity index (χ3n) is 2.90. The summed E-state index contributed by atoms with van der Waals surface area (Å²) < 4.78 is 27.9. The van der Waals surface area contributed by atoms with Crippen LogP contribution in [0.4, 0.5) is 0 Å². The lowest BCUT2D eigenvalue weighted by molar-refractivity contribution is 0.0686. The molecule has 0 bridgehead atoms. The van der Waals surface area contributed by atoms with Crippen molar-refractivity contribution < 1.29 is 18.3 Å². The van der Waals surface area contributed by atoms with Crippen molar-refractivity contribution in [2.45, 2.75) is 18.4 Å². The molecule has 0 aromatic carbocycles. The number of carboxylic acid groups (broad SMARTS) is 1. The zero-order chi connectivity index (χ0) is 15.6. The van der Waals surface area contributed by atoms with E-state index < -0.39 is 16.0 Å². The van der Waals surface area contributed by atoms with Crippen molar-refractivity contribution in [2.24, 2.45) is 7.05 Å². The minimum atomic E-state index is -3.78. The van der Waals surface area contributed by atoms with Gasteiger partial charge in [0.05, 0.1) is 12.2 Å². The Bertz CT molecular complexity index is 780. The lowest BCUT2D eigenvalue weighted by atomic mass is 10.3. The van der Waals surface area contributed by atoms with Crippen molar-refractivity contribution in [3.05, 3.63) is 47.5 Å². The van der Waals surface area contributed by atoms with Crippen LogP contribution in [0.3, 0.4) is 0 Å². The molecule has 0 saturated carbocycles. The van der Waals surface area contributed by atoms with E-state index in [4.69, 9.17) is 5.11 Å². The zero-order valence-corrected chi connectivity index (χ0v) is 12.4. The molecule has 0 aliphatic carbocycles. The van der Waals surface area contributed by atoms with Crippen LogP contribution in [0.1, 0.15) is 21.9 Å². The Morgan fingerprint density at radius 1 is 1.43 bits per heavy atom. The van der Waals surface area contributed by atoms with Crippen molar-refractivity contribution in [1.82, 2.24) is 14.3 Å². The predicted molar refractivity (Wildman–Crippen MR) is 75.4 cm³/mol. The normalized spacial score (nSPS) is 11.5. The highest BCUT2D eigenvalue weighted by molar-refractivity contribution is 7.89. The summed E-state index contributed by atoms with van der Waals surface area (Å²) in [6.07, 6.45) is 1.26. The fraction of sp³-hybridized carbons (Fsp3) is 0.231. The Balaban J connectivity index is 2.19. The summed E-state index contributed by atoms with van der Waals surface area (Å²) in [7, 11) is -2.30. The highest BCUT2D eigenvalue weighted by Crippen LogP contribution is 2.13. The number of aryl methyl sites for hydroxylation is 2. The van der Waals surface area contributed by atoms with Crippen LogP contribution in [0.25, 0.3) is 0 Å². The van der Waals surface area contributed by atoms with Crippen molar-refractivity contribution in [3.8, 4) is 0 Å². The van der Waals surface area contributed by atoms with Gasteiger partial charge in [0.1, 0.15) is 10.6 Å². The predicted octanol–water partition coefficient (Wildman–Crippen LogP) is 0.905. The van der Waals surface area contributed by atoms with Crippen LogP contribution in [0, 0.1) is 6.92 Å². The van der Waals surface area contributed by atoms with Gasteiger partial charge in [0.15, 0.2) is 0 Å². The maximum atomic E-state index is 12.1. The number of sulfonamides is 1. The minimum Gasteiger partial charge on any atom is -0.477 e. The van der Waals surface area contributed by atoms with Crippen LogP contribution in [0.2, 0.25) is 0 Å². The highest BCUT2D eigenvalue weighted by atomic mass is 32.2. The van der Waals surface area contributed by atoms with Crippen LogP contribution >= 0.6 is 0 Å². The summed E-state index contributed by atoms with van der Waals surface area (Å²) in [6.45, 7) is 1.86. The Kier molecular flexibility index (Phi) is 4.10. The van der Waals surface area contributed by atoms with Gasteiger partial charge in [-0.2, -0.15) is 0 Å². The standard InChI is InChI=1S/C13H15N3O4S/c1-9-4-3-5-10(15-9)7-14-21(19,20)11-6-12(13(17)18)16(2)8-11/h3-6,8,14H,7H2,1-2H3,(H,17,18). The number of hydrogen-bond acceptors (Lipinski definition) is 4. The molecule has 8 heteroatoms. The minimum absolute atomic E-state index is 0.0430. The summed E-state index contributed by atoms with van der Waals surface area (Å²) in [5.74, 6) is -1.18. The molecule has 112 valence electrons. The van der Waals surface area contributed by atoms with E-state index in [0.717, 1.165) is 11.8 Å². The Hall–Kier alpha value is -2.19. The number of aromatic nitrogens is 2. The highest BCUT2D eigenvalue weighted by Gasteiger charge is 2.20. The first-order valence-corrected chi connectivity index (χ1v) is 7.60.